The Kier molecular flexibility index (Phi) is 9.97. The summed E-state index contributed by atoms with van der Waals surface area (Å²) in [6.45, 7) is 8.74. The van der Waals surface area contributed by atoms with Gasteiger partial charge in [0.15, 0.2) is 0 Å². The molecule has 0 radical (unpaired) electrons. The molecule has 0 unspecified atom stereocenters. The zero-order valence-corrected chi connectivity index (χ0v) is 23.9. The number of hydrogen-bond donors (Lipinski definition) is 2. The number of nitriles is 1. The van der Waals surface area contributed by atoms with E-state index in [1.807, 2.05) is 32.0 Å². The van der Waals surface area contributed by atoms with E-state index in [-0.39, 0.29) is 29.9 Å². The van der Waals surface area contributed by atoms with Crippen LogP contribution in [0.15, 0.2) is 42.5 Å². The van der Waals surface area contributed by atoms with Crippen LogP contribution in [0, 0.1) is 11.3 Å². The Bertz CT molecular complexity index is 1300. The van der Waals surface area contributed by atoms with Gasteiger partial charge in [-0.2, -0.15) is 5.26 Å². The maximum atomic E-state index is 13.1. The van der Waals surface area contributed by atoms with Crippen molar-refractivity contribution < 1.29 is 22.7 Å². The molecule has 0 saturated carbocycles. The maximum Gasteiger partial charge on any atom is 0.323 e. The molecule has 39 heavy (non-hydrogen) atoms. The van der Waals surface area contributed by atoms with Crippen LogP contribution in [0.3, 0.4) is 0 Å². The second kappa shape index (κ2) is 13.0. The van der Waals surface area contributed by atoms with Crippen molar-refractivity contribution in [3.05, 3.63) is 53.6 Å². The average molecular weight is 555 g/mol. The van der Waals surface area contributed by atoms with Crippen molar-refractivity contribution in [1.29, 1.82) is 5.26 Å². The Morgan fingerprint density at radius 3 is 2.33 bits per heavy atom. The molecule has 1 aliphatic heterocycles. The van der Waals surface area contributed by atoms with Gasteiger partial charge in [-0.1, -0.05) is 26.8 Å². The second-order valence-corrected chi connectivity index (χ2v) is 12.7. The Labute approximate surface area is 231 Å². The third kappa shape index (κ3) is 8.20. The normalized spacial score (nSPS) is 15.2. The highest BCUT2D eigenvalue weighted by Gasteiger charge is 2.31. The Morgan fingerprint density at radius 2 is 1.74 bits per heavy atom. The molecule has 0 spiro atoms. The summed E-state index contributed by atoms with van der Waals surface area (Å²) in [5.74, 6) is -0.00902. The highest BCUT2D eigenvalue weighted by Crippen LogP contribution is 2.37. The monoisotopic (exact) mass is 554 g/mol. The largest absolute Gasteiger partial charge is 0.466 e. The number of esters is 1. The van der Waals surface area contributed by atoms with Crippen LogP contribution in [-0.2, 0) is 24.8 Å². The van der Waals surface area contributed by atoms with Crippen LogP contribution in [0.25, 0.3) is 0 Å². The lowest BCUT2D eigenvalue weighted by molar-refractivity contribution is -0.144. The molecule has 1 fully saturated rings. The number of anilines is 3. The second-order valence-electron chi connectivity index (χ2n) is 10.4. The molecule has 2 aromatic rings. The summed E-state index contributed by atoms with van der Waals surface area (Å²) >= 11 is 0. The first-order chi connectivity index (χ1) is 18.5. The lowest BCUT2D eigenvalue weighted by Gasteiger charge is -2.37. The first kappa shape index (κ1) is 30.0. The number of ether oxygens (including phenoxy) is 1. The summed E-state index contributed by atoms with van der Waals surface area (Å²) in [4.78, 5) is 27.6. The average Bonchev–Trinajstić information content (AvgIpc) is 2.88. The number of nitrogens with zero attached hydrogens (tertiary/aromatic N) is 2. The van der Waals surface area contributed by atoms with Crippen LogP contribution in [0.5, 0.6) is 0 Å². The van der Waals surface area contributed by atoms with Crippen LogP contribution in [-0.4, -0.2) is 51.1 Å². The van der Waals surface area contributed by atoms with Crippen LogP contribution < -0.4 is 15.5 Å². The van der Waals surface area contributed by atoms with Crippen molar-refractivity contribution in [3.8, 4) is 6.07 Å². The number of benzene rings is 2. The molecule has 2 N–H and O–H groups in total. The van der Waals surface area contributed by atoms with Gasteiger partial charge in [0.2, 0.25) is 0 Å². The molecule has 0 aliphatic carbocycles. The van der Waals surface area contributed by atoms with Gasteiger partial charge in [-0.15, -0.1) is 0 Å². The van der Waals surface area contributed by atoms with Gasteiger partial charge in [0, 0.05) is 23.7 Å². The van der Waals surface area contributed by atoms with Gasteiger partial charge in [0.05, 0.1) is 47.5 Å². The summed E-state index contributed by atoms with van der Waals surface area (Å²) in [6.07, 6.45) is 2.07. The minimum atomic E-state index is -3.03. The van der Waals surface area contributed by atoms with E-state index in [1.54, 1.807) is 31.2 Å². The van der Waals surface area contributed by atoms with E-state index in [0.29, 0.717) is 42.9 Å². The molecule has 0 bridgehead atoms. The minimum Gasteiger partial charge on any atom is -0.466 e. The van der Waals surface area contributed by atoms with E-state index < -0.39 is 21.3 Å². The minimum absolute atomic E-state index is 0.0222. The number of hydrogen-bond acceptors (Lipinski definition) is 7. The molecule has 3 rings (SSSR count). The SMILES string of the molecule is CCCN(c1ccc(C(C)(C)CC(=O)OCC)cc1NC(=O)Nc1ccc(C#N)cc1)C1CCS(=O)(=O)CC1. The molecule has 1 aliphatic rings. The molecular formula is C29H38N4O5S. The molecule has 0 aromatic heterocycles. The topological polar surface area (TPSA) is 129 Å². The van der Waals surface area contributed by atoms with Gasteiger partial charge in [0.25, 0.3) is 0 Å². The number of carbonyl (C=O) groups excluding carboxylic acids is 2. The van der Waals surface area contributed by atoms with Crippen molar-refractivity contribution in [1.82, 2.24) is 0 Å². The Hall–Kier alpha value is -3.58. The molecule has 1 heterocycles. The zero-order chi connectivity index (χ0) is 28.6. The number of urea groups is 1. The summed E-state index contributed by atoms with van der Waals surface area (Å²) in [5.41, 5.74) is 2.69. The molecule has 1 saturated heterocycles. The number of rotatable bonds is 10. The Balaban J connectivity index is 1.96. The van der Waals surface area contributed by atoms with Gasteiger partial charge in [0.1, 0.15) is 9.84 Å². The van der Waals surface area contributed by atoms with Crippen LogP contribution in [0.4, 0.5) is 21.9 Å². The summed E-state index contributed by atoms with van der Waals surface area (Å²) < 4.78 is 29.4. The van der Waals surface area contributed by atoms with Gasteiger partial charge in [-0.25, -0.2) is 13.2 Å². The molecule has 210 valence electrons. The number of sulfone groups is 1. The fraction of sp³-hybridized carbons (Fsp3) is 0.483. The Morgan fingerprint density at radius 1 is 1.08 bits per heavy atom. The van der Waals surface area contributed by atoms with Crippen molar-refractivity contribution in [2.24, 2.45) is 0 Å². The fourth-order valence-electron chi connectivity index (χ4n) is 4.83. The first-order valence-corrected chi connectivity index (χ1v) is 15.2. The van der Waals surface area contributed by atoms with Crippen LogP contribution in [0.2, 0.25) is 0 Å². The van der Waals surface area contributed by atoms with Crippen molar-refractivity contribution in [2.45, 2.75) is 64.8 Å². The van der Waals surface area contributed by atoms with Gasteiger partial charge in [-0.3, -0.25) is 4.79 Å². The number of nitrogens with one attached hydrogen (secondary N) is 2. The van der Waals surface area contributed by atoms with E-state index in [2.05, 4.69) is 28.5 Å². The zero-order valence-electron chi connectivity index (χ0n) is 23.1. The maximum absolute atomic E-state index is 13.1. The molecule has 10 heteroatoms. The summed E-state index contributed by atoms with van der Waals surface area (Å²) in [5, 5.41) is 14.8. The lowest BCUT2D eigenvalue weighted by atomic mass is 9.81. The highest BCUT2D eigenvalue weighted by atomic mass is 32.2. The summed E-state index contributed by atoms with van der Waals surface area (Å²) in [7, 11) is -3.03. The lowest BCUT2D eigenvalue weighted by Crippen LogP contribution is -2.42. The van der Waals surface area contributed by atoms with Gasteiger partial charge in [-0.05, 0) is 68.1 Å². The summed E-state index contributed by atoms with van der Waals surface area (Å²) in [6, 6.07) is 14.0. The van der Waals surface area contributed by atoms with Gasteiger partial charge < -0.3 is 20.3 Å². The van der Waals surface area contributed by atoms with E-state index in [4.69, 9.17) is 10.00 Å². The van der Waals surface area contributed by atoms with Crippen molar-refractivity contribution >= 4 is 38.9 Å². The standard InChI is InChI=1S/C29H38N4O5S/c1-5-15-33(24-13-16-39(36,37)17-14-24)26-12-9-22(29(3,4)19-27(34)38-6-2)18-25(26)32-28(35)31-23-10-7-21(20-30)8-11-23/h7-12,18,24H,5-6,13-17,19H2,1-4H3,(H2,31,32,35). The van der Waals surface area contributed by atoms with Gasteiger partial charge >= 0.3 is 12.0 Å². The fourth-order valence-corrected chi connectivity index (χ4v) is 6.29. The first-order valence-electron chi connectivity index (χ1n) is 13.3. The van der Waals surface area contributed by atoms with E-state index in [1.165, 1.54) is 0 Å². The predicted molar refractivity (Wildman–Crippen MR) is 154 cm³/mol. The van der Waals surface area contributed by atoms with E-state index in [9.17, 15) is 18.0 Å². The number of carbonyl (C=O) groups is 2. The third-order valence-electron chi connectivity index (χ3n) is 6.93. The van der Waals surface area contributed by atoms with Crippen molar-refractivity contribution in [3.63, 3.8) is 0 Å². The number of amides is 2. The molecule has 2 amide bonds. The van der Waals surface area contributed by atoms with E-state index >= 15 is 0 Å². The highest BCUT2D eigenvalue weighted by molar-refractivity contribution is 7.91. The van der Waals surface area contributed by atoms with Crippen LogP contribution >= 0.6 is 0 Å². The molecule has 2 aromatic carbocycles. The van der Waals surface area contributed by atoms with Crippen LogP contribution in [0.1, 0.15) is 64.5 Å². The van der Waals surface area contributed by atoms with E-state index in [0.717, 1.165) is 17.7 Å². The van der Waals surface area contributed by atoms with Crippen molar-refractivity contribution in [2.75, 3.05) is 40.2 Å². The molecule has 0 atom stereocenters. The predicted octanol–water partition coefficient (Wildman–Crippen LogP) is 5.23. The molecule has 9 nitrogen and oxygen atoms in total. The smallest absolute Gasteiger partial charge is 0.323 e. The quantitative estimate of drug-likeness (QED) is 0.385. The third-order valence-corrected chi connectivity index (χ3v) is 8.64. The molecular weight excluding hydrogens is 516 g/mol.